The molecule has 2 atom stereocenters. The molecule has 2 unspecified atom stereocenters. The number of hydrogen-bond donors (Lipinski definition) is 1. The van der Waals surface area contributed by atoms with Crippen molar-refractivity contribution in [1.29, 1.82) is 0 Å². The van der Waals surface area contributed by atoms with Crippen LogP contribution in [-0.2, 0) is 9.53 Å². The highest BCUT2D eigenvalue weighted by atomic mass is 16.7. The van der Waals surface area contributed by atoms with Crippen molar-refractivity contribution in [2.45, 2.75) is 26.4 Å². The van der Waals surface area contributed by atoms with Crippen LogP contribution >= 0.6 is 0 Å². The minimum Gasteiger partial charge on any atom is -0.466 e. The van der Waals surface area contributed by atoms with Gasteiger partial charge in [-0.2, -0.15) is 0 Å². The Morgan fingerprint density at radius 2 is 2.11 bits per heavy atom. The molecule has 5 heteroatoms. The summed E-state index contributed by atoms with van der Waals surface area (Å²) in [6, 6.07) is 5.17. The van der Waals surface area contributed by atoms with Gasteiger partial charge in [0.05, 0.1) is 18.6 Å². The number of benzene rings is 1. The Bertz CT molecular complexity index is 457. The Kier molecular flexibility index (Phi) is 4.27. The first-order valence-corrected chi connectivity index (χ1v) is 6.41. The second-order valence-corrected chi connectivity index (χ2v) is 4.32. The largest absolute Gasteiger partial charge is 0.466 e. The highest BCUT2D eigenvalue weighted by Gasteiger charge is 2.28. The Hall–Kier alpha value is -1.75. The molecule has 1 heterocycles. The van der Waals surface area contributed by atoms with Crippen LogP contribution in [0.2, 0.25) is 0 Å². The summed E-state index contributed by atoms with van der Waals surface area (Å²) in [7, 11) is 0. The van der Waals surface area contributed by atoms with Gasteiger partial charge in [-0.15, -0.1) is 0 Å². The molecule has 0 radical (unpaired) electrons. The maximum atomic E-state index is 11.8. The molecule has 0 saturated carbocycles. The zero-order valence-corrected chi connectivity index (χ0v) is 11.1. The summed E-state index contributed by atoms with van der Waals surface area (Å²) in [6.07, 6.45) is -0.396. The maximum absolute atomic E-state index is 11.8. The van der Waals surface area contributed by atoms with Gasteiger partial charge >= 0.3 is 5.97 Å². The monoisotopic (exact) mass is 266 g/mol. The van der Waals surface area contributed by atoms with E-state index in [9.17, 15) is 9.90 Å². The lowest BCUT2D eigenvalue weighted by molar-refractivity contribution is -0.152. The zero-order chi connectivity index (χ0) is 13.8. The lowest BCUT2D eigenvalue weighted by atomic mass is 9.93. The number of ether oxygens (including phenoxy) is 3. The van der Waals surface area contributed by atoms with Gasteiger partial charge in [0.2, 0.25) is 6.79 Å². The van der Waals surface area contributed by atoms with Gasteiger partial charge in [-0.25, -0.2) is 0 Å². The quantitative estimate of drug-likeness (QED) is 0.826. The molecule has 1 aromatic carbocycles. The molecule has 0 amide bonds. The van der Waals surface area contributed by atoms with Gasteiger partial charge in [0.1, 0.15) is 0 Å². The van der Waals surface area contributed by atoms with Gasteiger partial charge < -0.3 is 19.3 Å². The fourth-order valence-corrected chi connectivity index (χ4v) is 2.10. The summed E-state index contributed by atoms with van der Waals surface area (Å²) >= 11 is 0. The lowest BCUT2D eigenvalue weighted by Gasteiger charge is -2.20. The first-order chi connectivity index (χ1) is 9.17. The Morgan fingerprint density at radius 3 is 2.79 bits per heavy atom. The van der Waals surface area contributed by atoms with E-state index in [1.807, 2.05) is 6.92 Å². The number of carbonyl (C=O) groups is 1. The second kappa shape index (κ2) is 5.93. The van der Waals surface area contributed by atoms with Crippen molar-refractivity contribution in [2.24, 2.45) is 5.92 Å². The SMILES string of the molecule is CCOC(=O)C(CC)C(O)c1ccc2c(c1)OCO2. The number of fused-ring (bicyclic) bond motifs is 1. The molecule has 0 saturated heterocycles. The van der Waals surface area contributed by atoms with Crippen molar-refractivity contribution in [1.82, 2.24) is 0 Å². The third kappa shape index (κ3) is 2.81. The number of aliphatic hydroxyl groups excluding tert-OH is 1. The number of aliphatic hydroxyl groups is 1. The van der Waals surface area contributed by atoms with Gasteiger partial charge in [0.15, 0.2) is 11.5 Å². The third-order valence-corrected chi connectivity index (χ3v) is 3.15. The predicted octanol–water partition coefficient (Wildman–Crippen LogP) is 2.04. The van der Waals surface area contributed by atoms with Crippen LogP contribution in [0.4, 0.5) is 0 Å². The summed E-state index contributed by atoms with van der Waals surface area (Å²) < 4.78 is 15.4. The summed E-state index contributed by atoms with van der Waals surface area (Å²) in [5, 5.41) is 10.3. The highest BCUT2D eigenvalue weighted by Crippen LogP contribution is 2.36. The fraction of sp³-hybridized carbons (Fsp3) is 0.500. The molecular formula is C14H18O5. The number of esters is 1. The molecule has 1 N–H and O–H groups in total. The second-order valence-electron chi connectivity index (χ2n) is 4.32. The van der Waals surface area contributed by atoms with Crippen LogP contribution in [-0.4, -0.2) is 24.5 Å². The molecule has 0 aliphatic carbocycles. The van der Waals surface area contributed by atoms with E-state index in [1.54, 1.807) is 25.1 Å². The van der Waals surface area contributed by atoms with E-state index in [1.165, 1.54) is 0 Å². The Balaban J connectivity index is 2.17. The van der Waals surface area contributed by atoms with E-state index in [2.05, 4.69) is 0 Å². The molecule has 0 spiro atoms. The Morgan fingerprint density at radius 1 is 1.37 bits per heavy atom. The van der Waals surface area contributed by atoms with Gasteiger partial charge in [-0.1, -0.05) is 13.0 Å². The van der Waals surface area contributed by atoms with E-state index < -0.39 is 12.0 Å². The van der Waals surface area contributed by atoms with Crippen LogP contribution in [0.25, 0.3) is 0 Å². The van der Waals surface area contributed by atoms with Crippen molar-refractivity contribution >= 4 is 5.97 Å². The van der Waals surface area contributed by atoms with E-state index in [4.69, 9.17) is 14.2 Å². The van der Waals surface area contributed by atoms with Gasteiger partial charge in [-0.3, -0.25) is 4.79 Å². The van der Waals surface area contributed by atoms with Crippen LogP contribution in [0, 0.1) is 5.92 Å². The van der Waals surface area contributed by atoms with Gasteiger partial charge in [0, 0.05) is 0 Å². The number of carbonyl (C=O) groups excluding carboxylic acids is 1. The van der Waals surface area contributed by atoms with Crippen LogP contribution < -0.4 is 9.47 Å². The molecule has 104 valence electrons. The first kappa shape index (κ1) is 13.7. The van der Waals surface area contributed by atoms with Gasteiger partial charge in [-0.05, 0) is 31.0 Å². The molecule has 0 aromatic heterocycles. The minimum atomic E-state index is -0.904. The Labute approximate surface area is 112 Å². The minimum absolute atomic E-state index is 0.184. The standard InChI is InChI=1S/C14H18O5/c1-3-10(14(16)17-4-2)13(15)9-5-6-11-12(7-9)19-8-18-11/h5-7,10,13,15H,3-4,8H2,1-2H3. The summed E-state index contributed by atoms with van der Waals surface area (Å²) in [5.74, 6) is 0.297. The number of rotatable bonds is 5. The fourth-order valence-electron chi connectivity index (χ4n) is 2.10. The molecule has 2 rings (SSSR count). The molecule has 0 bridgehead atoms. The smallest absolute Gasteiger partial charge is 0.311 e. The van der Waals surface area contributed by atoms with E-state index in [0.717, 1.165) is 0 Å². The average Bonchev–Trinajstić information content (AvgIpc) is 2.86. The molecule has 5 nitrogen and oxygen atoms in total. The molecule has 1 aliphatic rings. The van der Waals surface area contributed by atoms with Crippen LogP contribution in [0.1, 0.15) is 31.9 Å². The highest BCUT2D eigenvalue weighted by molar-refractivity contribution is 5.73. The number of hydrogen-bond acceptors (Lipinski definition) is 5. The first-order valence-electron chi connectivity index (χ1n) is 6.41. The van der Waals surface area contributed by atoms with E-state index in [0.29, 0.717) is 30.1 Å². The van der Waals surface area contributed by atoms with Crippen molar-refractivity contribution in [3.05, 3.63) is 23.8 Å². The summed E-state index contributed by atoms with van der Waals surface area (Å²) in [4.78, 5) is 11.8. The average molecular weight is 266 g/mol. The lowest BCUT2D eigenvalue weighted by Crippen LogP contribution is -2.24. The topological polar surface area (TPSA) is 65.0 Å². The summed E-state index contributed by atoms with van der Waals surface area (Å²) in [6.45, 7) is 4.09. The van der Waals surface area contributed by atoms with Gasteiger partial charge in [0.25, 0.3) is 0 Å². The molecule has 0 fully saturated rings. The van der Waals surface area contributed by atoms with E-state index >= 15 is 0 Å². The van der Waals surface area contributed by atoms with Crippen LogP contribution in [0.3, 0.4) is 0 Å². The molecular weight excluding hydrogens is 248 g/mol. The summed E-state index contributed by atoms with van der Waals surface area (Å²) in [5.41, 5.74) is 0.629. The van der Waals surface area contributed by atoms with Crippen LogP contribution in [0.5, 0.6) is 11.5 Å². The van der Waals surface area contributed by atoms with Crippen molar-refractivity contribution < 1.29 is 24.1 Å². The molecule has 19 heavy (non-hydrogen) atoms. The van der Waals surface area contributed by atoms with Crippen molar-refractivity contribution in [3.8, 4) is 11.5 Å². The molecule has 1 aliphatic heterocycles. The zero-order valence-electron chi connectivity index (χ0n) is 11.1. The van der Waals surface area contributed by atoms with Crippen molar-refractivity contribution in [2.75, 3.05) is 13.4 Å². The maximum Gasteiger partial charge on any atom is 0.311 e. The third-order valence-electron chi connectivity index (χ3n) is 3.15. The van der Waals surface area contributed by atoms with Crippen molar-refractivity contribution in [3.63, 3.8) is 0 Å². The normalized spacial score (nSPS) is 15.9. The molecule has 1 aromatic rings. The van der Waals surface area contributed by atoms with E-state index in [-0.39, 0.29) is 12.8 Å². The van der Waals surface area contributed by atoms with Crippen LogP contribution in [0.15, 0.2) is 18.2 Å². The predicted molar refractivity (Wildman–Crippen MR) is 67.9 cm³/mol.